The van der Waals surface area contributed by atoms with Crippen molar-refractivity contribution >= 4 is 11.8 Å². The molecule has 1 aliphatic rings. The third kappa shape index (κ3) is 4.59. The molecule has 1 N–H and O–H groups in total. The van der Waals surface area contributed by atoms with E-state index in [1.54, 1.807) is 0 Å². The molecular formula is C21H27N3O2. The normalized spacial score (nSPS) is 19.8. The van der Waals surface area contributed by atoms with Crippen molar-refractivity contribution in [1.82, 2.24) is 9.97 Å². The minimum absolute atomic E-state index is 0.235. The van der Waals surface area contributed by atoms with E-state index in [1.807, 2.05) is 13.8 Å². The Hall–Kier alpha value is -2.43. The van der Waals surface area contributed by atoms with Crippen LogP contribution in [-0.2, 0) is 4.79 Å². The quantitative estimate of drug-likeness (QED) is 0.767. The number of ether oxygens (including phenoxy) is 1. The lowest BCUT2D eigenvalue weighted by atomic mass is 9.82. The van der Waals surface area contributed by atoms with E-state index >= 15 is 0 Å². The summed E-state index contributed by atoms with van der Waals surface area (Å²) in [6.45, 7) is 3.80. The molecule has 5 heteroatoms. The smallest absolute Gasteiger partial charge is 0.311 e. The summed E-state index contributed by atoms with van der Waals surface area (Å²) in [5, 5.41) is 3.48. The van der Waals surface area contributed by atoms with Gasteiger partial charge in [-0.25, -0.2) is 9.97 Å². The highest BCUT2D eigenvalue weighted by molar-refractivity contribution is 5.74. The zero-order valence-electron chi connectivity index (χ0n) is 15.6. The highest BCUT2D eigenvalue weighted by atomic mass is 16.5. The van der Waals surface area contributed by atoms with Crippen LogP contribution in [0.1, 0.15) is 62.6 Å². The number of aryl methyl sites for hydroxylation is 1. The van der Waals surface area contributed by atoms with Gasteiger partial charge in [0.25, 0.3) is 0 Å². The van der Waals surface area contributed by atoms with E-state index in [2.05, 4.69) is 45.6 Å². The highest BCUT2D eigenvalue weighted by Crippen LogP contribution is 2.35. The zero-order chi connectivity index (χ0) is 18.4. The van der Waals surface area contributed by atoms with Crippen molar-refractivity contribution in [3.63, 3.8) is 0 Å². The number of anilines is 1. The molecule has 2 aromatic rings. The van der Waals surface area contributed by atoms with Gasteiger partial charge in [-0.2, -0.15) is 0 Å². The molecule has 0 aliphatic heterocycles. The van der Waals surface area contributed by atoms with Crippen molar-refractivity contribution in [3.05, 3.63) is 47.9 Å². The van der Waals surface area contributed by atoms with Gasteiger partial charge in [0.15, 0.2) is 11.6 Å². The first kappa shape index (κ1) is 18.4. The van der Waals surface area contributed by atoms with Crippen molar-refractivity contribution in [1.29, 1.82) is 0 Å². The minimum Gasteiger partial charge on any atom is -0.421 e. The number of hydrogen-bond acceptors (Lipinski definition) is 5. The predicted octanol–water partition coefficient (Wildman–Crippen LogP) is 4.63. The largest absolute Gasteiger partial charge is 0.421 e. The second-order valence-electron chi connectivity index (χ2n) is 6.96. The Labute approximate surface area is 155 Å². The van der Waals surface area contributed by atoms with Crippen LogP contribution >= 0.6 is 0 Å². The minimum atomic E-state index is -0.235. The summed E-state index contributed by atoms with van der Waals surface area (Å²) < 4.78 is 5.52. The number of carbonyl (C=O) groups is 1. The zero-order valence-corrected chi connectivity index (χ0v) is 15.6. The van der Waals surface area contributed by atoms with Crippen molar-refractivity contribution in [2.75, 3.05) is 5.32 Å². The van der Waals surface area contributed by atoms with Gasteiger partial charge in [0.05, 0.1) is 5.69 Å². The standard InChI is InChI=1S/C21H27N3O2/c1-3-7-19(25)26-20-15(2)22-14-23-21(20)24-18-12-10-17(11-13-18)16-8-5-4-6-9-16/h4-6,8-9,14,17-18H,3,7,10-13H2,1-2H3,(H,22,23,24). The maximum Gasteiger partial charge on any atom is 0.311 e. The Morgan fingerprint density at radius 2 is 1.88 bits per heavy atom. The number of hydrogen-bond donors (Lipinski definition) is 1. The fourth-order valence-electron chi connectivity index (χ4n) is 3.55. The third-order valence-corrected chi connectivity index (χ3v) is 4.99. The summed E-state index contributed by atoms with van der Waals surface area (Å²) in [7, 11) is 0. The average Bonchev–Trinajstić information content (AvgIpc) is 2.66. The Kier molecular flexibility index (Phi) is 6.21. The number of nitrogens with zero attached hydrogens (tertiary/aromatic N) is 2. The van der Waals surface area contributed by atoms with Gasteiger partial charge in [-0.05, 0) is 50.5 Å². The number of benzene rings is 1. The van der Waals surface area contributed by atoms with Crippen molar-refractivity contribution < 1.29 is 9.53 Å². The summed E-state index contributed by atoms with van der Waals surface area (Å²) in [6.07, 6.45) is 7.13. The molecule has 0 saturated heterocycles. The lowest BCUT2D eigenvalue weighted by Crippen LogP contribution is -2.26. The van der Waals surface area contributed by atoms with Gasteiger partial charge in [0, 0.05) is 12.5 Å². The number of rotatable bonds is 6. The van der Waals surface area contributed by atoms with Crippen LogP contribution in [0.4, 0.5) is 5.82 Å². The van der Waals surface area contributed by atoms with E-state index < -0.39 is 0 Å². The molecule has 1 fully saturated rings. The van der Waals surface area contributed by atoms with Crippen LogP contribution in [0.15, 0.2) is 36.7 Å². The first-order valence-electron chi connectivity index (χ1n) is 9.51. The van der Waals surface area contributed by atoms with Gasteiger partial charge in [0.2, 0.25) is 0 Å². The molecule has 0 amide bonds. The summed E-state index contributed by atoms with van der Waals surface area (Å²) in [6, 6.07) is 11.1. The van der Waals surface area contributed by atoms with Gasteiger partial charge in [-0.1, -0.05) is 37.3 Å². The molecule has 1 aromatic heterocycles. The second-order valence-corrected chi connectivity index (χ2v) is 6.96. The van der Waals surface area contributed by atoms with Crippen molar-refractivity contribution in [3.8, 4) is 5.75 Å². The SMILES string of the molecule is CCCC(=O)Oc1c(C)ncnc1NC1CCC(c2ccccc2)CC1. The molecule has 0 atom stereocenters. The number of esters is 1. The van der Waals surface area contributed by atoms with E-state index in [1.165, 1.54) is 11.9 Å². The van der Waals surface area contributed by atoms with Gasteiger partial charge in [0.1, 0.15) is 6.33 Å². The molecule has 3 rings (SSSR count). The van der Waals surface area contributed by atoms with Gasteiger partial charge < -0.3 is 10.1 Å². The molecule has 1 heterocycles. The lowest BCUT2D eigenvalue weighted by molar-refractivity contribution is -0.134. The highest BCUT2D eigenvalue weighted by Gasteiger charge is 2.24. The van der Waals surface area contributed by atoms with Crippen LogP contribution in [0.3, 0.4) is 0 Å². The van der Waals surface area contributed by atoms with E-state index in [9.17, 15) is 4.79 Å². The maximum absolute atomic E-state index is 11.9. The van der Waals surface area contributed by atoms with E-state index in [4.69, 9.17) is 4.74 Å². The van der Waals surface area contributed by atoms with Crippen LogP contribution in [0.5, 0.6) is 5.75 Å². The topological polar surface area (TPSA) is 64.1 Å². The Morgan fingerprint density at radius 1 is 1.15 bits per heavy atom. The van der Waals surface area contributed by atoms with Crippen LogP contribution in [0.2, 0.25) is 0 Å². The molecule has 1 aliphatic carbocycles. The van der Waals surface area contributed by atoms with Gasteiger partial charge >= 0.3 is 5.97 Å². The van der Waals surface area contributed by atoms with E-state index in [0.717, 1.165) is 32.1 Å². The molecule has 0 radical (unpaired) electrons. The number of carbonyl (C=O) groups excluding carboxylic acids is 1. The molecule has 0 spiro atoms. The van der Waals surface area contributed by atoms with Crippen LogP contribution in [0.25, 0.3) is 0 Å². The lowest BCUT2D eigenvalue weighted by Gasteiger charge is -2.30. The van der Waals surface area contributed by atoms with Crippen LogP contribution in [0, 0.1) is 6.92 Å². The van der Waals surface area contributed by atoms with Crippen LogP contribution < -0.4 is 10.1 Å². The fraction of sp³-hybridized carbons (Fsp3) is 0.476. The molecule has 0 bridgehead atoms. The Balaban J connectivity index is 1.63. The summed E-state index contributed by atoms with van der Waals surface area (Å²) in [5.41, 5.74) is 2.11. The van der Waals surface area contributed by atoms with Gasteiger partial charge in [-0.15, -0.1) is 0 Å². The third-order valence-electron chi connectivity index (χ3n) is 4.99. The molecule has 26 heavy (non-hydrogen) atoms. The first-order valence-corrected chi connectivity index (χ1v) is 9.51. The summed E-state index contributed by atoms with van der Waals surface area (Å²) >= 11 is 0. The molecule has 1 aromatic carbocycles. The average molecular weight is 353 g/mol. The summed E-state index contributed by atoms with van der Waals surface area (Å²) in [4.78, 5) is 20.4. The number of aromatic nitrogens is 2. The molecule has 0 unspecified atom stereocenters. The van der Waals surface area contributed by atoms with E-state index in [-0.39, 0.29) is 5.97 Å². The number of nitrogens with one attached hydrogen (secondary N) is 1. The predicted molar refractivity (Wildman–Crippen MR) is 102 cm³/mol. The first-order chi connectivity index (χ1) is 12.7. The Morgan fingerprint density at radius 3 is 2.58 bits per heavy atom. The van der Waals surface area contributed by atoms with Crippen LogP contribution in [-0.4, -0.2) is 22.0 Å². The Bertz CT molecular complexity index is 725. The van der Waals surface area contributed by atoms with Crippen molar-refractivity contribution in [2.45, 2.75) is 64.3 Å². The van der Waals surface area contributed by atoms with E-state index in [0.29, 0.717) is 35.6 Å². The molecule has 138 valence electrons. The van der Waals surface area contributed by atoms with Gasteiger partial charge in [-0.3, -0.25) is 4.79 Å². The molecular weight excluding hydrogens is 326 g/mol. The fourth-order valence-corrected chi connectivity index (χ4v) is 3.55. The van der Waals surface area contributed by atoms with Crippen molar-refractivity contribution in [2.24, 2.45) is 0 Å². The second kappa shape index (κ2) is 8.79. The monoisotopic (exact) mass is 353 g/mol. The summed E-state index contributed by atoms with van der Waals surface area (Å²) in [5.74, 6) is 1.49. The molecule has 5 nitrogen and oxygen atoms in total. The molecule has 1 saturated carbocycles. The maximum atomic E-state index is 11.9.